The van der Waals surface area contributed by atoms with Crippen molar-refractivity contribution in [2.75, 3.05) is 25.1 Å². The molecule has 3 rings (SSSR count). The van der Waals surface area contributed by atoms with Crippen LogP contribution in [-0.4, -0.2) is 86.0 Å². The normalized spacial score (nSPS) is 21.8. The summed E-state index contributed by atoms with van der Waals surface area (Å²) in [5, 5.41) is 2.42. The van der Waals surface area contributed by atoms with E-state index in [0.29, 0.717) is 0 Å². The highest BCUT2D eigenvalue weighted by atomic mass is 31.2. The molecule has 0 radical (unpaired) electrons. The molecule has 1 saturated heterocycles. The number of phosphoric acid groups is 1. The van der Waals surface area contributed by atoms with Crippen LogP contribution in [0.4, 0.5) is 15.4 Å². The van der Waals surface area contributed by atoms with Gasteiger partial charge in [0, 0.05) is 0 Å². The van der Waals surface area contributed by atoms with Crippen LogP contribution in [0.3, 0.4) is 0 Å². The van der Waals surface area contributed by atoms with Crippen LogP contribution >= 0.6 is 7.82 Å². The van der Waals surface area contributed by atoms with Crippen molar-refractivity contribution in [3.63, 3.8) is 0 Å². The fourth-order valence-corrected chi connectivity index (χ4v) is 5.09. The Bertz CT molecular complexity index is 1440. The van der Waals surface area contributed by atoms with E-state index in [1.165, 1.54) is 10.9 Å². The summed E-state index contributed by atoms with van der Waals surface area (Å²) in [7, 11) is -4.78. The number of carbonyl (C=O) groups excluding carboxylic acids is 2. The van der Waals surface area contributed by atoms with Gasteiger partial charge < -0.3 is 28.6 Å². The molecule has 0 saturated carbocycles. The number of aromatic nitrogens is 4. The first-order valence-corrected chi connectivity index (χ1v) is 14.4. The summed E-state index contributed by atoms with van der Waals surface area (Å²) in [5.41, 5.74) is -1.51. The van der Waals surface area contributed by atoms with Crippen LogP contribution in [0.1, 0.15) is 47.8 Å². The number of amides is 1. The number of nitrogens with one attached hydrogen (secondary N) is 1. The van der Waals surface area contributed by atoms with Crippen LogP contribution in [0.2, 0.25) is 0 Å². The van der Waals surface area contributed by atoms with Crippen LogP contribution < -0.4 is 5.32 Å². The van der Waals surface area contributed by atoms with Gasteiger partial charge in [0.05, 0.1) is 24.1 Å². The monoisotopic (exact) mass is 623 g/mol. The molecule has 16 nitrogen and oxygen atoms in total. The first-order chi connectivity index (χ1) is 20.0. The van der Waals surface area contributed by atoms with E-state index < -0.39 is 62.4 Å². The minimum atomic E-state index is -4.78. The topological polar surface area (TPSA) is 192 Å². The molecule has 2 N–H and O–H groups in total. The molecule has 1 fully saturated rings. The van der Waals surface area contributed by atoms with Gasteiger partial charge >= 0.3 is 20.1 Å². The highest BCUT2D eigenvalue weighted by Crippen LogP contribution is 2.52. The van der Waals surface area contributed by atoms with Crippen molar-refractivity contribution in [2.45, 2.75) is 77.3 Å². The molecule has 0 aromatic carbocycles. The molecule has 1 aliphatic heterocycles. The van der Waals surface area contributed by atoms with E-state index in [1.807, 2.05) is 0 Å². The van der Waals surface area contributed by atoms with Gasteiger partial charge in [-0.25, -0.2) is 29.1 Å². The molecule has 3 heterocycles. The number of rotatable bonds is 10. The van der Waals surface area contributed by atoms with Gasteiger partial charge in [-0.1, -0.05) is 11.8 Å². The van der Waals surface area contributed by atoms with Gasteiger partial charge in [-0.2, -0.15) is 0 Å². The zero-order valence-electron chi connectivity index (χ0n) is 24.5. The molecule has 1 aliphatic rings. The number of hydrogen-bond acceptors (Lipinski definition) is 13. The maximum absolute atomic E-state index is 13.1. The Morgan fingerprint density at radius 3 is 2.37 bits per heavy atom. The van der Waals surface area contributed by atoms with Crippen LogP contribution in [0.25, 0.3) is 11.2 Å². The van der Waals surface area contributed by atoms with Crippen molar-refractivity contribution in [2.24, 2.45) is 0 Å². The fraction of sp³-hybridized carbons (Fsp3) is 0.577. The summed E-state index contributed by atoms with van der Waals surface area (Å²) in [5.74, 6) is 4.29. The van der Waals surface area contributed by atoms with Crippen molar-refractivity contribution in [1.82, 2.24) is 19.5 Å². The van der Waals surface area contributed by atoms with E-state index in [9.17, 15) is 19.0 Å². The van der Waals surface area contributed by atoms with Crippen molar-refractivity contribution < 1.29 is 51.8 Å². The quantitative estimate of drug-likeness (QED) is 0.223. The zero-order valence-corrected chi connectivity index (χ0v) is 25.4. The molecule has 0 aliphatic carbocycles. The summed E-state index contributed by atoms with van der Waals surface area (Å²) >= 11 is 0. The number of hydrogen-bond donors (Lipinski definition) is 2. The van der Waals surface area contributed by atoms with Crippen molar-refractivity contribution in [3.8, 4) is 24.7 Å². The minimum Gasteiger partial charge on any atom is -0.436 e. The lowest BCUT2D eigenvalue weighted by atomic mass is 10.1. The second-order valence-electron chi connectivity index (χ2n) is 11.0. The first kappa shape index (κ1) is 33.7. The van der Waals surface area contributed by atoms with Crippen LogP contribution in [-0.2, 0) is 37.3 Å². The highest BCUT2D eigenvalue weighted by molar-refractivity contribution is 7.47. The molecule has 2 unspecified atom stereocenters. The molecule has 43 heavy (non-hydrogen) atoms. The predicted octanol–water partition coefficient (Wildman–Crippen LogP) is 3.18. The van der Waals surface area contributed by atoms with Gasteiger partial charge in [-0.05, 0) is 41.5 Å². The van der Waals surface area contributed by atoms with Gasteiger partial charge in [0.2, 0.25) is 0 Å². The second kappa shape index (κ2) is 13.7. The molecule has 234 valence electrons. The molecular weight excluding hydrogens is 589 g/mol. The molecule has 2 aromatic heterocycles. The molecule has 2 aromatic rings. The average molecular weight is 624 g/mol. The number of carbonyl (C=O) groups is 2. The second-order valence-corrected chi connectivity index (χ2v) is 12.3. The van der Waals surface area contributed by atoms with E-state index in [2.05, 4.69) is 32.1 Å². The SMILES string of the molecule is C#CCOC(=O)Nc1ncnc2c1ncn2[C@@H]1O[C@H](COC(C)(C)C)C(OP(=O)(O)OC(C)(C)C)[C@@H]1OC(=O)OCC#C. The van der Waals surface area contributed by atoms with Crippen molar-refractivity contribution in [1.29, 1.82) is 0 Å². The van der Waals surface area contributed by atoms with E-state index in [1.54, 1.807) is 41.5 Å². The number of anilines is 1. The summed E-state index contributed by atoms with van der Waals surface area (Å²) in [6.07, 6.45) is 5.39. The van der Waals surface area contributed by atoms with Gasteiger partial charge in [0.1, 0.15) is 18.5 Å². The molecule has 17 heteroatoms. The van der Waals surface area contributed by atoms with Crippen LogP contribution in [0.5, 0.6) is 0 Å². The number of imidazole rings is 1. The van der Waals surface area contributed by atoms with E-state index in [-0.39, 0.29) is 30.2 Å². The number of nitrogens with zero attached hydrogens (tertiary/aromatic N) is 4. The molecule has 0 bridgehead atoms. The van der Waals surface area contributed by atoms with Crippen molar-refractivity contribution in [3.05, 3.63) is 12.7 Å². The predicted molar refractivity (Wildman–Crippen MR) is 149 cm³/mol. The van der Waals surface area contributed by atoms with Crippen LogP contribution in [0.15, 0.2) is 12.7 Å². The number of phosphoric ester groups is 1. The summed E-state index contributed by atoms with van der Waals surface area (Å²) in [6, 6.07) is 0. The summed E-state index contributed by atoms with van der Waals surface area (Å²) < 4.78 is 52.6. The Morgan fingerprint density at radius 2 is 1.74 bits per heavy atom. The smallest absolute Gasteiger partial charge is 0.436 e. The Morgan fingerprint density at radius 1 is 1.07 bits per heavy atom. The Hall–Kier alpha value is -3.76. The lowest BCUT2D eigenvalue weighted by Crippen LogP contribution is -2.40. The van der Waals surface area contributed by atoms with E-state index in [0.717, 1.165) is 6.33 Å². The Kier molecular flexibility index (Phi) is 10.7. The molecule has 0 spiro atoms. The minimum absolute atomic E-state index is 0.0199. The Balaban J connectivity index is 2.06. The number of fused-ring (bicyclic) bond motifs is 1. The average Bonchev–Trinajstić information content (AvgIpc) is 3.45. The third kappa shape index (κ3) is 9.62. The standard InChI is InChI=1S/C26H34N5O11P/c1-9-11-36-23(32)30-20-17-21(28-14-27-20)31(15-29-17)22-19(40-24(33)37-12-10-2)18(16(39-22)13-38-25(3,4)5)41-43(34,35)42-26(6,7)8/h1-2,14-16,18-19,22H,11-13H2,3-8H3,(H,34,35)(H,27,28,30,32)/t16-,18?,19+,22-/m1/s1. The third-order valence-corrected chi connectivity index (χ3v) is 6.54. The molecular formula is C26H34N5O11P. The maximum Gasteiger partial charge on any atom is 0.509 e. The highest BCUT2D eigenvalue weighted by Gasteiger charge is 2.53. The van der Waals surface area contributed by atoms with Gasteiger partial charge in [-0.3, -0.25) is 18.9 Å². The van der Waals surface area contributed by atoms with Gasteiger partial charge in [0.15, 0.2) is 42.5 Å². The maximum atomic E-state index is 13.1. The van der Waals surface area contributed by atoms with Crippen LogP contribution in [0, 0.1) is 24.7 Å². The fourth-order valence-electron chi connectivity index (χ4n) is 3.79. The number of terminal acetylenes is 2. The molecule has 5 atom stereocenters. The number of ether oxygens (including phenoxy) is 5. The van der Waals surface area contributed by atoms with Gasteiger partial charge in [-0.15, -0.1) is 12.8 Å². The first-order valence-electron chi connectivity index (χ1n) is 12.9. The largest absolute Gasteiger partial charge is 0.509 e. The summed E-state index contributed by atoms with van der Waals surface area (Å²) in [4.78, 5) is 47.8. The lowest BCUT2D eigenvalue weighted by molar-refractivity contribution is -0.0999. The lowest BCUT2D eigenvalue weighted by Gasteiger charge is -2.29. The molecule has 1 amide bonds. The Labute approximate surface area is 248 Å². The summed E-state index contributed by atoms with van der Waals surface area (Å²) in [6.45, 7) is 9.23. The zero-order chi connectivity index (χ0) is 32.0. The van der Waals surface area contributed by atoms with Crippen molar-refractivity contribution >= 4 is 37.1 Å². The van der Waals surface area contributed by atoms with E-state index in [4.69, 9.17) is 45.6 Å². The van der Waals surface area contributed by atoms with Gasteiger partial charge in [0.25, 0.3) is 0 Å². The van der Waals surface area contributed by atoms with E-state index >= 15 is 0 Å². The third-order valence-electron chi connectivity index (χ3n) is 5.26.